The summed E-state index contributed by atoms with van der Waals surface area (Å²) in [6.45, 7) is 4.19. The second kappa shape index (κ2) is 8.93. The van der Waals surface area contributed by atoms with E-state index in [1.165, 1.54) is 0 Å². The third-order valence-electron chi connectivity index (χ3n) is 6.08. The van der Waals surface area contributed by atoms with Gasteiger partial charge in [-0.1, -0.05) is 36.4 Å². The maximum absolute atomic E-state index is 6.18. The Kier molecular flexibility index (Phi) is 5.69. The molecule has 5 rings (SSSR count). The first-order valence-electron chi connectivity index (χ1n) is 11.1. The van der Waals surface area contributed by atoms with Crippen LogP contribution in [0.3, 0.4) is 0 Å². The van der Waals surface area contributed by atoms with Gasteiger partial charge in [0.15, 0.2) is 5.82 Å². The monoisotopic (exact) mass is 425 g/mol. The molecule has 6 nitrogen and oxygen atoms in total. The molecule has 1 aliphatic rings. The van der Waals surface area contributed by atoms with Crippen LogP contribution in [-0.4, -0.2) is 44.8 Å². The van der Waals surface area contributed by atoms with E-state index in [2.05, 4.69) is 43.8 Å². The quantitative estimate of drug-likeness (QED) is 0.430. The van der Waals surface area contributed by atoms with Crippen LogP contribution in [0, 0.1) is 6.92 Å². The van der Waals surface area contributed by atoms with Crippen molar-refractivity contribution in [3.63, 3.8) is 0 Å². The number of ether oxygens (including phenoxy) is 1. The molecule has 0 unspecified atom stereocenters. The molecule has 0 bridgehead atoms. The number of aryl methyl sites for hydroxylation is 1. The predicted molar refractivity (Wildman–Crippen MR) is 126 cm³/mol. The lowest BCUT2D eigenvalue weighted by atomic mass is 10.0. The molecule has 6 heteroatoms. The number of para-hydroxylation sites is 2. The van der Waals surface area contributed by atoms with Crippen molar-refractivity contribution in [2.45, 2.75) is 25.8 Å². The Morgan fingerprint density at radius 2 is 1.66 bits per heavy atom. The van der Waals surface area contributed by atoms with E-state index >= 15 is 0 Å². The molecule has 3 heterocycles. The van der Waals surface area contributed by atoms with E-state index in [-0.39, 0.29) is 0 Å². The van der Waals surface area contributed by atoms with Gasteiger partial charge in [-0.2, -0.15) is 0 Å². The summed E-state index contributed by atoms with van der Waals surface area (Å²) in [5, 5.41) is 8.91. The molecule has 0 saturated carbocycles. The smallest absolute Gasteiger partial charge is 0.182 e. The van der Waals surface area contributed by atoms with Crippen LogP contribution in [0.1, 0.15) is 24.7 Å². The molecule has 162 valence electrons. The van der Waals surface area contributed by atoms with Crippen molar-refractivity contribution in [1.29, 1.82) is 0 Å². The minimum absolute atomic E-state index is 0.398. The van der Waals surface area contributed by atoms with Crippen LogP contribution in [0.2, 0.25) is 0 Å². The van der Waals surface area contributed by atoms with Crippen LogP contribution in [0.5, 0.6) is 11.5 Å². The van der Waals surface area contributed by atoms with Crippen LogP contribution in [-0.2, 0) is 0 Å². The first kappa shape index (κ1) is 20.4. The van der Waals surface area contributed by atoms with Gasteiger partial charge in [-0.05, 0) is 75.8 Å². The first-order chi connectivity index (χ1) is 15.7. The lowest BCUT2D eigenvalue weighted by Crippen LogP contribution is -2.32. The van der Waals surface area contributed by atoms with E-state index < -0.39 is 0 Å². The second-order valence-electron chi connectivity index (χ2n) is 8.32. The Labute approximate surface area is 188 Å². The summed E-state index contributed by atoms with van der Waals surface area (Å²) >= 11 is 0. The van der Waals surface area contributed by atoms with Gasteiger partial charge in [0.25, 0.3) is 0 Å². The molecule has 1 aliphatic heterocycles. The van der Waals surface area contributed by atoms with Gasteiger partial charge >= 0.3 is 0 Å². The van der Waals surface area contributed by atoms with Crippen molar-refractivity contribution in [1.82, 2.24) is 24.6 Å². The van der Waals surface area contributed by atoms with Gasteiger partial charge < -0.3 is 14.2 Å². The number of pyridine rings is 1. The molecule has 1 saturated heterocycles. The van der Waals surface area contributed by atoms with E-state index in [0.29, 0.717) is 6.04 Å². The standard InChI is InChI=1S/C26H27N5O/c1-19-28-29-26(31(19)21-13-16-30(2)17-14-21)24-18-20(12-15-27-24)23-10-6-7-11-25(23)32-22-8-4-3-5-9-22/h3-12,15,18,21H,13-14,16-17H2,1-2H3. The first-order valence-corrected chi connectivity index (χ1v) is 11.1. The average Bonchev–Trinajstić information content (AvgIpc) is 3.22. The summed E-state index contributed by atoms with van der Waals surface area (Å²) in [6.07, 6.45) is 4.03. The minimum atomic E-state index is 0.398. The number of nitrogens with zero attached hydrogens (tertiary/aromatic N) is 5. The number of benzene rings is 2. The Balaban J connectivity index is 1.50. The zero-order chi connectivity index (χ0) is 21.9. The summed E-state index contributed by atoms with van der Waals surface area (Å²) in [7, 11) is 2.18. The number of hydrogen-bond donors (Lipinski definition) is 0. The summed E-state index contributed by atoms with van der Waals surface area (Å²) in [6, 6.07) is 22.4. The molecule has 0 aliphatic carbocycles. The molecule has 0 radical (unpaired) electrons. The van der Waals surface area contributed by atoms with Gasteiger partial charge in [0.1, 0.15) is 23.0 Å². The maximum atomic E-state index is 6.18. The van der Waals surface area contributed by atoms with Gasteiger partial charge in [-0.15, -0.1) is 10.2 Å². The molecule has 2 aromatic heterocycles. The lowest BCUT2D eigenvalue weighted by Gasteiger charge is -2.30. The van der Waals surface area contributed by atoms with Crippen molar-refractivity contribution in [2.75, 3.05) is 20.1 Å². The molecule has 0 spiro atoms. The predicted octanol–water partition coefficient (Wildman–Crippen LogP) is 5.37. The molecule has 0 amide bonds. The largest absolute Gasteiger partial charge is 0.457 e. The number of hydrogen-bond acceptors (Lipinski definition) is 5. The number of likely N-dealkylation sites (tertiary alicyclic amines) is 1. The van der Waals surface area contributed by atoms with Gasteiger partial charge in [-0.25, -0.2) is 0 Å². The maximum Gasteiger partial charge on any atom is 0.182 e. The number of aromatic nitrogens is 4. The zero-order valence-corrected chi connectivity index (χ0v) is 18.5. The van der Waals surface area contributed by atoms with Crippen molar-refractivity contribution in [3.05, 3.63) is 78.8 Å². The Bertz CT molecular complexity index is 1200. The van der Waals surface area contributed by atoms with Crippen LogP contribution >= 0.6 is 0 Å². The number of piperidine rings is 1. The van der Waals surface area contributed by atoms with E-state index in [1.54, 1.807) is 0 Å². The topological polar surface area (TPSA) is 56.1 Å². The fourth-order valence-electron chi connectivity index (χ4n) is 4.36. The van der Waals surface area contributed by atoms with Gasteiger partial charge in [0.2, 0.25) is 0 Å². The molecule has 1 fully saturated rings. The van der Waals surface area contributed by atoms with Crippen LogP contribution in [0.25, 0.3) is 22.6 Å². The van der Waals surface area contributed by atoms with Crippen LogP contribution in [0.15, 0.2) is 72.9 Å². The highest BCUT2D eigenvalue weighted by molar-refractivity contribution is 5.73. The summed E-state index contributed by atoms with van der Waals surface area (Å²) in [4.78, 5) is 7.03. The third-order valence-corrected chi connectivity index (χ3v) is 6.08. The third kappa shape index (κ3) is 4.14. The Morgan fingerprint density at radius 3 is 2.47 bits per heavy atom. The minimum Gasteiger partial charge on any atom is -0.457 e. The summed E-state index contributed by atoms with van der Waals surface area (Å²) < 4.78 is 8.45. The normalized spacial score (nSPS) is 15.1. The van der Waals surface area contributed by atoms with Crippen LogP contribution < -0.4 is 4.74 Å². The van der Waals surface area contributed by atoms with Crippen molar-refractivity contribution < 1.29 is 4.74 Å². The van der Waals surface area contributed by atoms with E-state index in [9.17, 15) is 0 Å². The average molecular weight is 426 g/mol. The zero-order valence-electron chi connectivity index (χ0n) is 18.5. The summed E-state index contributed by atoms with van der Waals surface area (Å²) in [5.74, 6) is 3.39. The second-order valence-corrected chi connectivity index (χ2v) is 8.32. The van der Waals surface area contributed by atoms with E-state index in [4.69, 9.17) is 4.74 Å². The van der Waals surface area contributed by atoms with Crippen molar-refractivity contribution in [3.8, 4) is 34.1 Å². The van der Waals surface area contributed by atoms with Gasteiger partial charge in [-0.3, -0.25) is 4.98 Å². The molecule has 4 aromatic rings. The number of rotatable bonds is 5. The van der Waals surface area contributed by atoms with Gasteiger partial charge in [0.05, 0.1) is 0 Å². The molecular formula is C26H27N5O. The highest BCUT2D eigenvalue weighted by Crippen LogP contribution is 2.35. The van der Waals surface area contributed by atoms with Crippen LogP contribution in [0.4, 0.5) is 0 Å². The molecule has 32 heavy (non-hydrogen) atoms. The summed E-state index contributed by atoms with van der Waals surface area (Å²) in [5.41, 5.74) is 2.88. The fraction of sp³-hybridized carbons (Fsp3) is 0.269. The molecule has 2 aromatic carbocycles. The van der Waals surface area contributed by atoms with Crippen molar-refractivity contribution in [2.24, 2.45) is 0 Å². The lowest BCUT2D eigenvalue weighted by molar-refractivity contribution is 0.220. The van der Waals surface area contributed by atoms with E-state index in [1.807, 2.05) is 67.7 Å². The highest BCUT2D eigenvalue weighted by atomic mass is 16.5. The van der Waals surface area contributed by atoms with Crippen molar-refractivity contribution >= 4 is 0 Å². The Hall–Kier alpha value is -3.51. The van der Waals surface area contributed by atoms with Gasteiger partial charge in [0, 0.05) is 17.8 Å². The molecular weight excluding hydrogens is 398 g/mol. The van der Waals surface area contributed by atoms with E-state index in [0.717, 1.165) is 65.9 Å². The Morgan fingerprint density at radius 1 is 0.906 bits per heavy atom. The highest BCUT2D eigenvalue weighted by Gasteiger charge is 2.24. The molecule has 0 atom stereocenters. The molecule has 0 N–H and O–H groups in total. The fourth-order valence-corrected chi connectivity index (χ4v) is 4.36. The SMILES string of the molecule is Cc1nnc(-c2cc(-c3ccccc3Oc3ccccc3)ccn2)n1C1CCN(C)CC1.